The van der Waals surface area contributed by atoms with Gasteiger partial charge in [0, 0.05) is 0 Å². The summed E-state index contributed by atoms with van der Waals surface area (Å²) in [6, 6.07) is -0.622. The van der Waals surface area contributed by atoms with Crippen molar-refractivity contribution in [2.24, 2.45) is 5.73 Å². The lowest BCUT2D eigenvalue weighted by Gasteiger charge is -2.09. The number of rotatable bonds is 4. The van der Waals surface area contributed by atoms with Crippen molar-refractivity contribution in [2.45, 2.75) is 6.04 Å². The Kier molecular flexibility index (Phi) is 4.83. The maximum absolute atomic E-state index is 9.66. The van der Waals surface area contributed by atoms with Crippen LogP contribution >= 0.6 is 0 Å². The molecule has 0 amide bonds. The molecule has 0 radical (unpaired) electrons. The molecule has 0 saturated heterocycles. The quantitative estimate of drug-likeness (QED) is 0.462. The van der Waals surface area contributed by atoms with Gasteiger partial charge < -0.3 is 15.4 Å². The molecule has 0 aromatic heterocycles. The van der Waals surface area contributed by atoms with Crippen molar-refractivity contribution in [1.29, 1.82) is 0 Å². The Morgan fingerprint density at radius 2 is 2.44 bits per heavy atom. The first-order valence-electron chi connectivity index (χ1n) is 2.25. The molecule has 2 unspecified atom stereocenters. The van der Waals surface area contributed by atoms with Crippen LogP contribution in [-0.2, 0) is 15.5 Å². The smallest absolute Gasteiger partial charge is 0.0842 e. The molecule has 9 heavy (non-hydrogen) atoms. The first-order valence-corrected chi connectivity index (χ1v) is 3.25. The summed E-state index contributed by atoms with van der Waals surface area (Å²) in [6.07, 6.45) is 0. The lowest BCUT2D eigenvalue weighted by molar-refractivity contribution is 0.206. The van der Waals surface area contributed by atoms with E-state index < -0.39 is 17.4 Å². The van der Waals surface area contributed by atoms with Crippen molar-refractivity contribution in [3.05, 3.63) is 0 Å². The van der Waals surface area contributed by atoms with Gasteiger partial charge in [-0.3, -0.25) is 4.18 Å². The fourth-order valence-corrected chi connectivity index (χ4v) is 0.482. The first kappa shape index (κ1) is 8.99. The zero-order chi connectivity index (χ0) is 7.28. The van der Waals surface area contributed by atoms with Gasteiger partial charge in [0.1, 0.15) is 0 Å². The Morgan fingerprint density at radius 1 is 1.89 bits per heavy atom. The molecule has 0 aliphatic heterocycles. The number of hydrogen-bond acceptors (Lipinski definition) is 5. The summed E-state index contributed by atoms with van der Waals surface area (Å²) in [7, 11) is 0. The van der Waals surface area contributed by atoms with E-state index in [9.17, 15) is 8.76 Å². The molecular formula is C3H8NO4S-. The molecule has 6 heteroatoms. The number of aliphatic hydroxyl groups is 1. The molecule has 3 N–H and O–H groups in total. The second kappa shape index (κ2) is 4.83. The fourth-order valence-electron chi connectivity index (χ4n) is 0.196. The van der Waals surface area contributed by atoms with Gasteiger partial charge in [-0.2, -0.15) is 0 Å². The number of hydrogen-bond donors (Lipinski definition) is 2. The molecule has 0 aromatic rings. The lowest BCUT2D eigenvalue weighted by Crippen LogP contribution is -2.30. The van der Waals surface area contributed by atoms with Crippen LogP contribution in [0.2, 0.25) is 0 Å². The van der Waals surface area contributed by atoms with Gasteiger partial charge in [0.25, 0.3) is 0 Å². The maximum Gasteiger partial charge on any atom is 0.0842 e. The molecule has 0 fully saturated rings. The molecule has 0 rings (SSSR count). The van der Waals surface area contributed by atoms with E-state index in [0.29, 0.717) is 0 Å². The van der Waals surface area contributed by atoms with Crippen LogP contribution in [0.5, 0.6) is 0 Å². The summed E-state index contributed by atoms with van der Waals surface area (Å²) in [6.45, 7) is -0.455. The molecule has 56 valence electrons. The van der Waals surface area contributed by atoms with Gasteiger partial charge >= 0.3 is 0 Å². The summed E-state index contributed by atoms with van der Waals surface area (Å²) in [5.74, 6) is 0. The number of nitrogens with two attached hydrogens (primary N) is 1. The Morgan fingerprint density at radius 3 is 2.78 bits per heavy atom. The third kappa shape index (κ3) is 5.87. The third-order valence-electron chi connectivity index (χ3n) is 0.613. The Balaban J connectivity index is 3.16. The second-order valence-corrected chi connectivity index (χ2v) is 2.08. The van der Waals surface area contributed by atoms with Gasteiger partial charge in [0.15, 0.2) is 0 Å². The van der Waals surface area contributed by atoms with Gasteiger partial charge in [0.2, 0.25) is 0 Å². The van der Waals surface area contributed by atoms with Crippen molar-refractivity contribution >= 4 is 11.4 Å². The highest BCUT2D eigenvalue weighted by Gasteiger charge is 1.98. The monoisotopic (exact) mass is 154 g/mol. The van der Waals surface area contributed by atoms with Crippen LogP contribution in [0.4, 0.5) is 0 Å². The molecule has 0 saturated carbocycles. The van der Waals surface area contributed by atoms with Crippen molar-refractivity contribution in [3.8, 4) is 0 Å². The van der Waals surface area contributed by atoms with Gasteiger partial charge in [-0.05, 0) is 0 Å². The van der Waals surface area contributed by atoms with Crippen LogP contribution in [0.3, 0.4) is 0 Å². The predicted octanol–water partition coefficient (Wildman–Crippen LogP) is -1.88. The van der Waals surface area contributed by atoms with Crippen LogP contribution in [0.1, 0.15) is 0 Å². The highest BCUT2D eigenvalue weighted by molar-refractivity contribution is 7.74. The minimum atomic E-state index is -2.53. The van der Waals surface area contributed by atoms with E-state index in [4.69, 9.17) is 10.8 Å². The summed E-state index contributed by atoms with van der Waals surface area (Å²) in [5, 5.41) is 8.24. The third-order valence-corrected chi connectivity index (χ3v) is 0.941. The minimum absolute atomic E-state index is 0.174. The van der Waals surface area contributed by atoms with Crippen LogP contribution in [0.25, 0.3) is 0 Å². The van der Waals surface area contributed by atoms with Crippen molar-refractivity contribution in [3.63, 3.8) is 0 Å². The van der Waals surface area contributed by atoms with Crippen LogP contribution in [-0.4, -0.2) is 33.1 Å². The fraction of sp³-hybridized carbons (Fsp3) is 1.00. The number of aliphatic hydroxyl groups excluding tert-OH is 1. The van der Waals surface area contributed by atoms with Gasteiger partial charge in [-0.25, -0.2) is 4.21 Å². The van der Waals surface area contributed by atoms with Crippen LogP contribution in [0, 0.1) is 0 Å². The van der Waals surface area contributed by atoms with Gasteiger partial charge in [0.05, 0.1) is 30.6 Å². The zero-order valence-electron chi connectivity index (χ0n) is 4.65. The molecule has 2 atom stereocenters. The average Bonchev–Trinajstić information content (AvgIpc) is 1.83. The van der Waals surface area contributed by atoms with E-state index in [1.165, 1.54) is 0 Å². The van der Waals surface area contributed by atoms with Crippen molar-refractivity contribution in [2.75, 3.05) is 13.2 Å². The molecule has 5 nitrogen and oxygen atoms in total. The molecule has 0 bridgehead atoms. The highest BCUT2D eigenvalue weighted by Crippen LogP contribution is 1.81. The molecule has 0 aliphatic rings. The van der Waals surface area contributed by atoms with Crippen LogP contribution in [0.15, 0.2) is 0 Å². The van der Waals surface area contributed by atoms with E-state index in [1.54, 1.807) is 0 Å². The Hall–Kier alpha value is -0.0100. The Bertz CT molecular complexity index is 97.8. The van der Waals surface area contributed by atoms with E-state index in [2.05, 4.69) is 4.18 Å². The van der Waals surface area contributed by atoms with E-state index >= 15 is 0 Å². The topological polar surface area (TPSA) is 95.6 Å². The highest BCUT2D eigenvalue weighted by atomic mass is 32.2. The van der Waals surface area contributed by atoms with Crippen molar-refractivity contribution in [1.82, 2.24) is 0 Å². The summed E-state index contributed by atoms with van der Waals surface area (Å²) in [4.78, 5) is 0. The van der Waals surface area contributed by atoms with E-state index in [1.807, 2.05) is 0 Å². The average molecular weight is 154 g/mol. The second-order valence-electron chi connectivity index (χ2n) is 1.43. The SMILES string of the molecule is NC(CO)COS(=O)[O-]. The zero-order valence-corrected chi connectivity index (χ0v) is 5.47. The summed E-state index contributed by atoms with van der Waals surface area (Å²) >= 11 is -2.53. The Labute approximate surface area is 55.3 Å². The summed E-state index contributed by atoms with van der Waals surface area (Å²) in [5.41, 5.74) is 5.07. The van der Waals surface area contributed by atoms with Gasteiger partial charge in [-0.1, -0.05) is 0 Å². The lowest BCUT2D eigenvalue weighted by atomic mass is 10.4. The van der Waals surface area contributed by atoms with Crippen molar-refractivity contribution < 1.29 is 18.1 Å². The first-order chi connectivity index (χ1) is 4.16. The van der Waals surface area contributed by atoms with E-state index in [0.717, 1.165) is 0 Å². The standard InChI is InChI=1S/C3H9NO4S/c4-3(1-5)2-8-9(6)7/h3,5H,1-2,4H2,(H,6,7)/p-1. The normalized spacial score (nSPS) is 17.2. The molecule has 0 aromatic carbocycles. The molecule has 0 heterocycles. The molecule has 0 aliphatic carbocycles. The van der Waals surface area contributed by atoms with E-state index in [-0.39, 0.29) is 13.2 Å². The van der Waals surface area contributed by atoms with Crippen LogP contribution < -0.4 is 5.73 Å². The molecular weight excluding hydrogens is 146 g/mol. The molecule has 0 spiro atoms. The predicted molar refractivity (Wildman–Crippen MR) is 29.9 cm³/mol. The largest absolute Gasteiger partial charge is 0.750 e. The minimum Gasteiger partial charge on any atom is -0.750 e. The summed E-state index contributed by atoms with van der Waals surface area (Å²) < 4.78 is 23.3. The maximum atomic E-state index is 9.66. The van der Waals surface area contributed by atoms with Gasteiger partial charge in [-0.15, -0.1) is 0 Å².